The molecular formula is C24H22ClN5O2S2. The molecule has 0 atom stereocenters. The molecule has 0 N–H and O–H groups in total. The first-order valence-electron chi connectivity index (χ1n) is 11.0. The normalized spacial score (nSPS) is 15.5. The van der Waals surface area contributed by atoms with Crippen molar-refractivity contribution >= 4 is 54.5 Å². The van der Waals surface area contributed by atoms with Crippen molar-refractivity contribution in [1.29, 1.82) is 0 Å². The van der Waals surface area contributed by atoms with Crippen LogP contribution in [0.1, 0.15) is 5.56 Å². The zero-order valence-electron chi connectivity index (χ0n) is 18.2. The quantitative estimate of drug-likeness (QED) is 0.346. The maximum absolute atomic E-state index is 13.6. The molecule has 0 spiro atoms. The van der Waals surface area contributed by atoms with Gasteiger partial charge >= 0.3 is 0 Å². The van der Waals surface area contributed by atoms with E-state index in [1.807, 2.05) is 24.3 Å². The molecule has 0 bridgehead atoms. The Labute approximate surface area is 206 Å². The van der Waals surface area contributed by atoms with Crippen molar-refractivity contribution in [2.24, 2.45) is 0 Å². The van der Waals surface area contributed by atoms with E-state index in [1.54, 1.807) is 17.8 Å². The predicted octanol–water partition coefficient (Wildman–Crippen LogP) is 4.56. The molecule has 4 heterocycles. The SMILES string of the molecule is O=S(=O)(c1c(Cl)nc2sccn12)n1ccc2c(N3CCN(Cc4ccccc4)CC3)cccc21. The van der Waals surface area contributed by atoms with E-state index in [1.165, 1.54) is 25.3 Å². The van der Waals surface area contributed by atoms with Gasteiger partial charge in [-0.3, -0.25) is 9.30 Å². The van der Waals surface area contributed by atoms with Crippen molar-refractivity contribution in [3.8, 4) is 0 Å². The number of fused-ring (bicyclic) bond motifs is 2. The summed E-state index contributed by atoms with van der Waals surface area (Å²) in [6.07, 6.45) is 3.29. The van der Waals surface area contributed by atoms with Crippen molar-refractivity contribution < 1.29 is 8.42 Å². The number of imidazole rings is 1. The topological polar surface area (TPSA) is 62.9 Å². The van der Waals surface area contributed by atoms with Crippen molar-refractivity contribution in [3.63, 3.8) is 0 Å². The van der Waals surface area contributed by atoms with E-state index >= 15 is 0 Å². The lowest BCUT2D eigenvalue weighted by Gasteiger charge is -2.36. The highest BCUT2D eigenvalue weighted by molar-refractivity contribution is 7.90. The van der Waals surface area contributed by atoms with Crippen LogP contribution in [0.2, 0.25) is 5.15 Å². The summed E-state index contributed by atoms with van der Waals surface area (Å²) in [5.41, 5.74) is 3.00. The molecule has 1 aliphatic heterocycles. The predicted molar refractivity (Wildman–Crippen MR) is 137 cm³/mol. The Morgan fingerprint density at radius 3 is 2.53 bits per heavy atom. The maximum atomic E-state index is 13.6. The second kappa shape index (κ2) is 8.42. The van der Waals surface area contributed by atoms with Crippen LogP contribution in [0.15, 0.2) is 77.4 Å². The van der Waals surface area contributed by atoms with Gasteiger partial charge in [0.1, 0.15) is 0 Å². The van der Waals surface area contributed by atoms with Crippen molar-refractivity contribution in [2.75, 3.05) is 31.1 Å². The van der Waals surface area contributed by atoms with Gasteiger partial charge in [-0.1, -0.05) is 48.0 Å². The first kappa shape index (κ1) is 21.7. The lowest BCUT2D eigenvalue weighted by Crippen LogP contribution is -2.46. The van der Waals surface area contributed by atoms with Crippen LogP contribution in [0.5, 0.6) is 0 Å². The Hall–Kier alpha value is -2.85. The van der Waals surface area contributed by atoms with E-state index in [9.17, 15) is 8.42 Å². The van der Waals surface area contributed by atoms with E-state index in [4.69, 9.17) is 11.6 Å². The molecule has 1 aliphatic rings. The van der Waals surface area contributed by atoms with Gasteiger partial charge in [-0.2, -0.15) is 8.42 Å². The average molecular weight is 512 g/mol. The van der Waals surface area contributed by atoms with Crippen molar-refractivity contribution in [3.05, 3.63) is 83.1 Å². The summed E-state index contributed by atoms with van der Waals surface area (Å²) in [4.78, 5) is 9.54. The summed E-state index contributed by atoms with van der Waals surface area (Å²) >= 11 is 7.60. The van der Waals surface area contributed by atoms with Gasteiger partial charge in [0.25, 0.3) is 10.0 Å². The largest absolute Gasteiger partial charge is 0.368 e. The van der Waals surface area contributed by atoms with Crippen LogP contribution in [-0.2, 0) is 16.6 Å². The van der Waals surface area contributed by atoms with E-state index in [0.29, 0.717) is 10.5 Å². The van der Waals surface area contributed by atoms with Crippen LogP contribution >= 0.6 is 22.9 Å². The van der Waals surface area contributed by atoms with Gasteiger partial charge in [0.15, 0.2) is 10.1 Å². The fourth-order valence-corrected chi connectivity index (χ4v) is 7.43. The standard InChI is InChI=1S/C24H22ClN5O2S2/c25-22-23(29-15-16-33-24(29)26-22)34(31,32)30-10-9-19-20(7-4-8-21(19)30)28-13-11-27(12-14-28)17-18-5-2-1-3-6-18/h1-10,15-16H,11-14,17H2. The highest BCUT2D eigenvalue weighted by atomic mass is 35.5. The summed E-state index contributed by atoms with van der Waals surface area (Å²) in [5, 5.41) is 2.67. The van der Waals surface area contributed by atoms with Gasteiger partial charge in [0.2, 0.25) is 5.03 Å². The molecule has 0 amide bonds. The highest BCUT2D eigenvalue weighted by Gasteiger charge is 2.29. The maximum Gasteiger partial charge on any atom is 0.287 e. The Morgan fingerprint density at radius 1 is 0.941 bits per heavy atom. The van der Waals surface area contributed by atoms with Crippen molar-refractivity contribution in [1.82, 2.24) is 18.3 Å². The summed E-state index contributed by atoms with van der Waals surface area (Å²) in [6.45, 7) is 4.61. The third-order valence-corrected chi connectivity index (χ3v) is 9.17. The number of anilines is 1. The fourth-order valence-electron chi connectivity index (χ4n) is 4.66. The molecular weight excluding hydrogens is 490 g/mol. The minimum atomic E-state index is -3.93. The second-order valence-electron chi connectivity index (χ2n) is 8.34. The molecule has 1 saturated heterocycles. The molecule has 6 rings (SSSR count). The lowest BCUT2D eigenvalue weighted by molar-refractivity contribution is 0.250. The number of hydrogen-bond donors (Lipinski definition) is 0. The van der Waals surface area contributed by atoms with Crippen LogP contribution in [0.25, 0.3) is 15.9 Å². The van der Waals surface area contributed by atoms with Crippen LogP contribution in [0, 0.1) is 0 Å². The average Bonchev–Trinajstić information content (AvgIpc) is 3.54. The molecule has 0 saturated carbocycles. The first-order chi connectivity index (χ1) is 16.5. The summed E-state index contributed by atoms with van der Waals surface area (Å²) in [5.74, 6) is 0. The molecule has 5 aromatic rings. The van der Waals surface area contributed by atoms with E-state index in [2.05, 4.69) is 45.1 Å². The number of benzene rings is 2. The molecule has 0 radical (unpaired) electrons. The first-order valence-corrected chi connectivity index (χ1v) is 13.7. The van der Waals surface area contributed by atoms with E-state index in [-0.39, 0.29) is 10.2 Å². The number of rotatable bonds is 5. The highest BCUT2D eigenvalue weighted by Crippen LogP contribution is 2.33. The number of piperazine rings is 1. The van der Waals surface area contributed by atoms with Gasteiger partial charge in [0, 0.05) is 61.6 Å². The number of nitrogens with zero attached hydrogens (tertiary/aromatic N) is 5. The van der Waals surface area contributed by atoms with Crippen LogP contribution in [-0.4, -0.2) is 52.9 Å². The molecule has 7 nitrogen and oxygen atoms in total. The van der Waals surface area contributed by atoms with Crippen LogP contribution < -0.4 is 4.90 Å². The second-order valence-corrected chi connectivity index (χ2v) is 11.3. The molecule has 174 valence electrons. The fraction of sp³-hybridized carbons (Fsp3) is 0.208. The van der Waals surface area contributed by atoms with Gasteiger partial charge in [-0.05, 0) is 23.8 Å². The molecule has 3 aromatic heterocycles. The monoisotopic (exact) mass is 511 g/mol. The summed E-state index contributed by atoms with van der Waals surface area (Å²) < 4.78 is 30.1. The van der Waals surface area contributed by atoms with Gasteiger partial charge < -0.3 is 4.90 Å². The van der Waals surface area contributed by atoms with Crippen molar-refractivity contribution in [2.45, 2.75) is 11.6 Å². The number of halogens is 1. The third kappa shape index (κ3) is 3.60. The lowest BCUT2D eigenvalue weighted by atomic mass is 10.1. The van der Waals surface area contributed by atoms with E-state index in [0.717, 1.165) is 43.8 Å². The summed E-state index contributed by atoms with van der Waals surface area (Å²) in [7, 11) is -3.93. The van der Waals surface area contributed by atoms with Crippen LogP contribution in [0.4, 0.5) is 5.69 Å². The zero-order valence-corrected chi connectivity index (χ0v) is 20.6. The Morgan fingerprint density at radius 2 is 1.74 bits per heavy atom. The third-order valence-electron chi connectivity index (χ3n) is 6.32. The molecule has 34 heavy (non-hydrogen) atoms. The molecule has 0 aliphatic carbocycles. The van der Waals surface area contributed by atoms with Gasteiger partial charge in [-0.25, -0.2) is 8.96 Å². The number of thiazole rings is 1. The zero-order chi connectivity index (χ0) is 23.3. The molecule has 2 aromatic carbocycles. The minimum Gasteiger partial charge on any atom is -0.368 e. The Kier molecular flexibility index (Phi) is 5.37. The Bertz CT molecular complexity index is 1580. The number of aromatic nitrogens is 3. The van der Waals surface area contributed by atoms with Gasteiger partial charge in [-0.15, -0.1) is 11.3 Å². The number of hydrogen-bond acceptors (Lipinski definition) is 6. The molecule has 10 heteroatoms. The molecule has 1 fully saturated rings. The molecule has 0 unspecified atom stereocenters. The minimum absolute atomic E-state index is 0.0113. The smallest absolute Gasteiger partial charge is 0.287 e. The summed E-state index contributed by atoms with van der Waals surface area (Å²) in [6, 6.07) is 18.2. The Balaban J connectivity index is 1.30. The van der Waals surface area contributed by atoms with E-state index < -0.39 is 10.0 Å². The van der Waals surface area contributed by atoms with Gasteiger partial charge in [0.05, 0.1) is 5.52 Å². The van der Waals surface area contributed by atoms with Crippen LogP contribution in [0.3, 0.4) is 0 Å².